The zero-order valence-corrected chi connectivity index (χ0v) is 16.1. The molecule has 1 saturated heterocycles. The van der Waals surface area contributed by atoms with E-state index in [4.69, 9.17) is 11.6 Å². The van der Waals surface area contributed by atoms with Crippen LogP contribution in [0.25, 0.3) is 0 Å². The van der Waals surface area contributed by atoms with Gasteiger partial charge in [0.15, 0.2) is 0 Å². The average Bonchev–Trinajstić information content (AvgIpc) is 2.66. The van der Waals surface area contributed by atoms with Crippen molar-refractivity contribution in [2.75, 3.05) is 19.6 Å². The maximum absolute atomic E-state index is 12.5. The topological polar surface area (TPSA) is 49.4 Å². The first-order chi connectivity index (χ1) is 12.6. The molecule has 142 valence electrons. The first-order valence-electron chi connectivity index (χ1n) is 9.92. The Morgan fingerprint density at radius 1 is 1.15 bits per heavy atom. The number of nitrogens with zero attached hydrogens (tertiary/aromatic N) is 1. The summed E-state index contributed by atoms with van der Waals surface area (Å²) in [6.45, 7) is 1.99. The number of carbonyl (C=O) groups excluding carboxylic acids is 2. The quantitative estimate of drug-likeness (QED) is 0.820. The highest BCUT2D eigenvalue weighted by Crippen LogP contribution is 2.27. The predicted molar refractivity (Wildman–Crippen MR) is 104 cm³/mol. The largest absolute Gasteiger partial charge is 0.355 e. The summed E-state index contributed by atoms with van der Waals surface area (Å²) in [5.74, 6) is 0.825. The molecule has 2 amide bonds. The molecule has 3 rings (SSSR count). The van der Waals surface area contributed by atoms with Crippen LogP contribution in [0.5, 0.6) is 0 Å². The van der Waals surface area contributed by atoms with Crippen LogP contribution >= 0.6 is 11.6 Å². The third-order valence-electron chi connectivity index (χ3n) is 5.73. The molecule has 1 aliphatic carbocycles. The number of amides is 2. The van der Waals surface area contributed by atoms with Crippen LogP contribution in [0.1, 0.15) is 50.5 Å². The number of hydrogen-bond acceptors (Lipinski definition) is 2. The molecule has 0 spiro atoms. The standard InChI is InChI=1S/C21H29ClN2O2/c22-19-9-5-4-8-17(19)12-13-23-21(26)18-10-11-20(25)24(15-18)14-16-6-2-1-3-7-16/h4-5,8-9,16,18H,1-3,6-7,10-15H2,(H,23,26). The van der Waals surface area contributed by atoms with Gasteiger partial charge in [0.2, 0.25) is 11.8 Å². The first-order valence-corrected chi connectivity index (χ1v) is 10.3. The van der Waals surface area contributed by atoms with Gasteiger partial charge >= 0.3 is 0 Å². The lowest BCUT2D eigenvalue weighted by Crippen LogP contribution is -2.47. The highest BCUT2D eigenvalue weighted by molar-refractivity contribution is 6.31. The number of halogens is 1. The molecule has 5 heteroatoms. The highest BCUT2D eigenvalue weighted by Gasteiger charge is 2.31. The van der Waals surface area contributed by atoms with Crippen LogP contribution in [0.2, 0.25) is 5.02 Å². The third kappa shape index (κ3) is 5.23. The Balaban J connectivity index is 1.46. The van der Waals surface area contributed by atoms with Gasteiger partial charge in [-0.25, -0.2) is 0 Å². The molecule has 1 aromatic carbocycles. The maximum Gasteiger partial charge on any atom is 0.224 e. The van der Waals surface area contributed by atoms with Crippen molar-refractivity contribution in [1.82, 2.24) is 10.2 Å². The van der Waals surface area contributed by atoms with E-state index >= 15 is 0 Å². The summed E-state index contributed by atoms with van der Waals surface area (Å²) >= 11 is 6.16. The van der Waals surface area contributed by atoms with E-state index in [1.807, 2.05) is 29.2 Å². The fraction of sp³-hybridized carbons (Fsp3) is 0.619. The molecule has 4 nitrogen and oxygen atoms in total. The van der Waals surface area contributed by atoms with Gasteiger partial charge in [-0.2, -0.15) is 0 Å². The molecule has 0 aromatic heterocycles. The van der Waals surface area contributed by atoms with E-state index in [2.05, 4.69) is 5.32 Å². The summed E-state index contributed by atoms with van der Waals surface area (Å²) < 4.78 is 0. The van der Waals surface area contributed by atoms with Crippen molar-refractivity contribution in [1.29, 1.82) is 0 Å². The molecule has 1 heterocycles. The maximum atomic E-state index is 12.5. The third-order valence-corrected chi connectivity index (χ3v) is 6.09. The summed E-state index contributed by atoms with van der Waals surface area (Å²) in [6.07, 6.45) is 8.20. The van der Waals surface area contributed by atoms with Crippen LogP contribution < -0.4 is 5.32 Å². The van der Waals surface area contributed by atoms with Crippen LogP contribution in [0.3, 0.4) is 0 Å². The van der Waals surface area contributed by atoms with Crippen LogP contribution in [0, 0.1) is 11.8 Å². The Morgan fingerprint density at radius 3 is 2.69 bits per heavy atom. The van der Waals surface area contributed by atoms with Crippen molar-refractivity contribution in [3.05, 3.63) is 34.9 Å². The fourth-order valence-corrected chi connectivity index (χ4v) is 4.38. The number of benzene rings is 1. The van der Waals surface area contributed by atoms with E-state index in [0.29, 0.717) is 31.8 Å². The summed E-state index contributed by atoms with van der Waals surface area (Å²) in [7, 11) is 0. The second-order valence-electron chi connectivity index (χ2n) is 7.67. The zero-order chi connectivity index (χ0) is 18.4. The van der Waals surface area contributed by atoms with E-state index in [1.54, 1.807) is 0 Å². The van der Waals surface area contributed by atoms with Crippen LogP contribution in [-0.4, -0.2) is 36.3 Å². The van der Waals surface area contributed by atoms with E-state index in [0.717, 1.165) is 23.6 Å². The van der Waals surface area contributed by atoms with Gasteiger partial charge in [0.05, 0.1) is 5.92 Å². The van der Waals surface area contributed by atoms with Crippen molar-refractivity contribution in [2.45, 2.75) is 51.4 Å². The molecule has 1 atom stereocenters. The van der Waals surface area contributed by atoms with Gasteiger partial charge in [0, 0.05) is 31.1 Å². The summed E-state index contributed by atoms with van der Waals surface area (Å²) in [6, 6.07) is 7.72. The Morgan fingerprint density at radius 2 is 1.92 bits per heavy atom. The molecule has 1 N–H and O–H groups in total. The lowest BCUT2D eigenvalue weighted by Gasteiger charge is -2.35. The molecule has 0 bridgehead atoms. The van der Waals surface area contributed by atoms with Crippen LogP contribution in [0.15, 0.2) is 24.3 Å². The Kier molecular flexibility index (Phi) is 6.95. The molecule has 1 aromatic rings. The van der Waals surface area contributed by atoms with E-state index in [9.17, 15) is 9.59 Å². The van der Waals surface area contributed by atoms with E-state index in [-0.39, 0.29) is 17.7 Å². The normalized spacial score (nSPS) is 21.7. The minimum Gasteiger partial charge on any atom is -0.355 e. The minimum atomic E-state index is -0.0810. The van der Waals surface area contributed by atoms with Gasteiger partial charge in [-0.05, 0) is 43.2 Å². The zero-order valence-electron chi connectivity index (χ0n) is 15.4. The monoisotopic (exact) mass is 376 g/mol. The molecule has 0 radical (unpaired) electrons. The Bertz CT molecular complexity index is 628. The van der Waals surface area contributed by atoms with Crippen molar-refractivity contribution < 1.29 is 9.59 Å². The molecular weight excluding hydrogens is 348 g/mol. The van der Waals surface area contributed by atoms with Gasteiger partial charge in [0.1, 0.15) is 0 Å². The van der Waals surface area contributed by atoms with Gasteiger partial charge in [-0.3, -0.25) is 9.59 Å². The van der Waals surface area contributed by atoms with E-state index < -0.39 is 0 Å². The number of hydrogen-bond donors (Lipinski definition) is 1. The first kappa shape index (κ1) is 19.2. The minimum absolute atomic E-state index is 0.0678. The van der Waals surface area contributed by atoms with Gasteiger partial charge in [0.25, 0.3) is 0 Å². The Labute approximate surface area is 161 Å². The second-order valence-corrected chi connectivity index (χ2v) is 8.08. The van der Waals surface area contributed by atoms with Crippen LogP contribution in [0.4, 0.5) is 0 Å². The number of carbonyl (C=O) groups is 2. The molecule has 1 unspecified atom stereocenters. The molecule has 1 saturated carbocycles. The summed E-state index contributed by atoms with van der Waals surface area (Å²) in [5.41, 5.74) is 1.05. The van der Waals surface area contributed by atoms with Crippen molar-refractivity contribution >= 4 is 23.4 Å². The second kappa shape index (κ2) is 9.40. The van der Waals surface area contributed by atoms with Gasteiger partial charge < -0.3 is 10.2 Å². The Hall–Kier alpha value is -1.55. The summed E-state index contributed by atoms with van der Waals surface area (Å²) in [5, 5.41) is 3.77. The number of likely N-dealkylation sites (tertiary alicyclic amines) is 1. The number of rotatable bonds is 6. The molecule has 26 heavy (non-hydrogen) atoms. The SMILES string of the molecule is O=C(NCCc1ccccc1Cl)C1CCC(=O)N(CC2CCCCC2)C1. The van der Waals surface area contributed by atoms with Gasteiger partial charge in [-0.15, -0.1) is 0 Å². The van der Waals surface area contributed by atoms with Gasteiger partial charge in [-0.1, -0.05) is 49.1 Å². The smallest absolute Gasteiger partial charge is 0.224 e. The van der Waals surface area contributed by atoms with Crippen LogP contribution in [-0.2, 0) is 16.0 Å². The molecule has 2 fully saturated rings. The van der Waals surface area contributed by atoms with Crippen molar-refractivity contribution in [3.63, 3.8) is 0 Å². The van der Waals surface area contributed by atoms with Crippen molar-refractivity contribution in [3.8, 4) is 0 Å². The van der Waals surface area contributed by atoms with E-state index in [1.165, 1.54) is 32.1 Å². The van der Waals surface area contributed by atoms with Crippen molar-refractivity contribution in [2.24, 2.45) is 11.8 Å². The average molecular weight is 377 g/mol. The summed E-state index contributed by atoms with van der Waals surface area (Å²) in [4.78, 5) is 26.7. The number of nitrogens with one attached hydrogen (secondary N) is 1. The molecular formula is C21H29ClN2O2. The fourth-order valence-electron chi connectivity index (χ4n) is 4.15. The lowest BCUT2D eigenvalue weighted by molar-refractivity contribution is -0.139. The predicted octanol–water partition coefficient (Wildman–Crippen LogP) is 3.82. The number of piperidine rings is 1. The highest BCUT2D eigenvalue weighted by atomic mass is 35.5. The lowest BCUT2D eigenvalue weighted by atomic mass is 9.87. The molecule has 1 aliphatic heterocycles. The molecule has 2 aliphatic rings.